The summed E-state index contributed by atoms with van der Waals surface area (Å²) in [5, 5.41) is 2.70. The van der Waals surface area contributed by atoms with Crippen molar-refractivity contribution < 1.29 is 9.53 Å². The molecule has 0 aliphatic carbocycles. The summed E-state index contributed by atoms with van der Waals surface area (Å²) in [4.78, 5) is 13.9. The third-order valence-electron chi connectivity index (χ3n) is 4.85. The number of carbonyl (C=O) groups excluding carboxylic acids is 1. The molecule has 0 bridgehead atoms. The van der Waals surface area contributed by atoms with Crippen LogP contribution in [0.5, 0.6) is 5.75 Å². The van der Waals surface area contributed by atoms with Gasteiger partial charge >= 0.3 is 0 Å². The average Bonchev–Trinajstić information content (AvgIpc) is 2.72. The van der Waals surface area contributed by atoms with Gasteiger partial charge in [0.25, 0.3) is 0 Å². The van der Waals surface area contributed by atoms with Crippen LogP contribution in [0.3, 0.4) is 0 Å². The molecule has 0 saturated heterocycles. The van der Waals surface area contributed by atoms with Gasteiger partial charge in [-0.25, -0.2) is 0 Å². The van der Waals surface area contributed by atoms with E-state index in [1.54, 1.807) is 7.05 Å². The smallest absolute Gasteiger partial charge is 0.219 e. The van der Waals surface area contributed by atoms with Crippen LogP contribution in [-0.4, -0.2) is 31.0 Å². The van der Waals surface area contributed by atoms with E-state index < -0.39 is 0 Å². The van der Waals surface area contributed by atoms with E-state index in [4.69, 9.17) is 4.74 Å². The van der Waals surface area contributed by atoms with Gasteiger partial charge < -0.3 is 10.1 Å². The van der Waals surface area contributed by atoms with Crippen LogP contribution in [-0.2, 0) is 17.9 Å². The quantitative estimate of drug-likeness (QED) is 0.516. The molecule has 1 amide bonds. The maximum atomic E-state index is 11.5. The molecule has 1 N–H and O–H groups in total. The van der Waals surface area contributed by atoms with E-state index in [9.17, 15) is 4.79 Å². The van der Waals surface area contributed by atoms with E-state index in [-0.39, 0.29) is 5.91 Å². The lowest BCUT2D eigenvalue weighted by molar-refractivity contribution is -0.120. The average molecular weight is 397 g/mol. The number of ether oxygens (including phenoxy) is 1. The number of hydrogen-bond acceptors (Lipinski definition) is 3. The molecule has 0 unspecified atom stereocenters. The lowest BCUT2D eigenvalue weighted by Gasteiger charge is -2.23. The summed E-state index contributed by atoms with van der Waals surface area (Å²) >= 11 is 0. The first kappa shape index (κ1) is 23.0. The van der Waals surface area contributed by atoms with Gasteiger partial charge in [0.1, 0.15) is 5.75 Å². The number of nitrogens with zero attached hydrogens (tertiary/aromatic N) is 1. The predicted octanol–water partition coefficient (Wildman–Crippen LogP) is 4.95. The van der Waals surface area contributed by atoms with Crippen LogP contribution in [0, 0.1) is 12.8 Å². The molecule has 0 spiro atoms. The van der Waals surface area contributed by atoms with Crippen molar-refractivity contribution in [3.63, 3.8) is 0 Å². The monoisotopic (exact) mass is 396 g/mol. The molecule has 4 nitrogen and oxygen atoms in total. The molecule has 2 aromatic carbocycles. The lowest BCUT2D eigenvalue weighted by Crippen LogP contribution is -2.24. The lowest BCUT2D eigenvalue weighted by atomic mass is 10.1. The Morgan fingerprint density at radius 2 is 1.55 bits per heavy atom. The first-order valence-corrected chi connectivity index (χ1v) is 10.7. The summed E-state index contributed by atoms with van der Waals surface area (Å²) < 4.78 is 5.80. The minimum atomic E-state index is 0.118. The second-order valence-electron chi connectivity index (χ2n) is 8.18. The summed E-state index contributed by atoms with van der Waals surface area (Å²) in [6.45, 7) is 9.93. The number of aryl methyl sites for hydroxylation is 1. The zero-order valence-corrected chi connectivity index (χ0v) is 18.4. The standard InChI is InChI=1S/C25H36N2O2/c1-20(2)19-29-24-14-12-23(13-15-24)18-27(16-6-5-7-25(28)26-4)17-22-10-8-21(3)9-11-22/h8-15,20H,5-7,16-19H2,1-4H3,(H,26,28). The highest BCUT2D eigenvalue weighted by atomic mass is 16.5. The fourth-order valence-corrected chi connectivity index (χ4v) is 3.12. The number of carbonyl (C=O) groups is 1. The van der Waals surface area contributed by atoms with Crippen molar-refractivity contribution in [2.24, 2.45) is 5.92 Å². The molecule has 0 aromatic heterocycles. The third kappa shape index (κ3) is 9.14. The van der Waals surface area contributed by atoms with Crippen molar-refractivity contribution >= 4 is 5.91 Å². The highest BCUT2D eigenvalue weighted by Crippen LogP contribution is 2.17. The summed E-state index contributed by atoms with van der Waals surface area (Å²) in [7, 11) is 1.70. The summed E-state index contributed by atoms with van der Waals surface area (Å²) in [6.07, 6.45) is 2.51. The van der Waals surface area contributed by atoms with E-state index in [0.29, 0.717) is 12.3 Å². The largest absolute Gasteiger partial charge is 0.493 e. The second kappa shape index (κ2) is 12.3. The van der Waals surface area contributed by atoms with Crippen LogP contribution in [0.2, 0.25) is 0 Å². The topological polar surface area (TPSA) is 41.6 Å². The first-order valence-electron chi connectivity index (χ1n) is 10.7. The van der Waals surface area contributed by atoms with E-state index in [0.717, 1.165) is 44.8 Å². The second-order valence-corrected chi connectivity index (χ2v) is 8.18. The van der Waals surface area contributed by atoms with Gasteiger partial charge in [-0.2, -0.15) is 0 Å². The van der Waals surface area contributed by atoms with Crippen molar-refractivity contribution in [3.8, 4) is 5.75 Å². The molecule has 0 atom stereocenters. The minimum absolute atomic E-state index is 0.118. The zero-order chi connectivity index (χ0) is 21.1. The SMILES string of the molecule is CNC(=O)CCCCN(Cc1ccc(C)cc1)Cc1ccc(OCC(C)C)cc1. The van der Waals surface area contributed by atoms with Gasteiger partial charge in [0.15, 0.2) is 0 Å². The van der Waals surface area contributed by atoms with E-state index in [2.05, 4.69) is 79.5 Å². The van der Waals surface area contributed by atoms with Gasteiger partial charge in [-0.05, 0) is 55.5 Å². The molecule has 158 valence electrons. The van der Waals surface area contributed by atoms with Crippen molar-refractivity contribution in [2.45, 2.75) is 53.1 Å². The summed E-state index contributed by atoms with van der Waals surface area (Å²) in [6, 6.07) is 17.2. The minimum Gasteiger partial charge on any atom is -0.493 e. The Morgan fingerprint density at radius 1 is 0.966 bits per heavy atom. The van der Waals surface area contributed by atoms with Crippen LogP contribution in [0.15, 0.2) is 48.5 Å². The maximum absolute atomic E-state index is 11.5. The molecule has 29 heavy (non-hydrogen) atoms. The fourth-order valence-electron chi connectivity index (χ4n) is 3.12. The Balaban J connectivity index is 1.95. The molecular formula is C25H36N2O2. The molecule has 2 aromatic rings. The number of amides is 1. The molecule has 0 saturated carbocycles. The van der Waals surface area contributed by atoms with Crippen LogP contribution in [0.1, 0.15) is 49.8 Å². The molecule has 0 fully saturated rings. The predicted molar refractivity (Wildman–Crippen MR) is 120 cm³/mol. The van der Waals surface area contributed by atoms with Crippen LogP contribution in [0.25, 0.3) is 0 Å². The Morgan fingerprint density at radius 3 is 2.10 bits per heavy atom. The van der Waals surface area contributed by atoms with Crippen molar-refractivity contribution in [1.82, 2.24) is 10.2 Å². The summed E-state index contributed by atoms with van der Waals surface area (Å²) in [5.74, 6) is 1.57. The summed E-state index contributed by atoms with van der Waals surface area (Å²) in [5.41, 5.74) is 3.88. The highest BCUT2D eigenvalue weighted by Gasteiger charge is 2.09. The Bertz CT molecular complexity index is 723. The van der Waals surface area contributed by atoms with Crippen molar-refractivity contribution in [3.05, 3.63) is 65.2 Å². The molecule has 0 heterocycles. The van der Waals surface area contributed by atoms with E-state index >= 15 is 0 Å². The molecule has 2 rings (SSSR count). The molecule has 0 aliphatic rings. The number of unbranched alkanes of at least 4 members (excludes halogenated alkanes) is 1. The van der Waals surface area contributed by atoms with Crippen molar-refractivity contribution in [1.29, 1.82) is 0 Å². The van der Waals surface area contributed by atoms with Gasteiger partial charge in [0.2, 0.25) is 5.91 Å². The number of rotatable bonds is 12. The normalized spacial score (nSPS) is 11.1. The van der Waals surface area contributed by atoms with Gasteiger partial charge in [-0.15, -0.1) is 0 Å². The van der Waals surface area contributed by atoms with Gasteiger partial charge in [0.05, 0.1) is 6.61 Å². The van der Waals surface area contributed by atoms with Crippen molar-refractivity contribution in [2.75, 3.05) is 20.2 Å². The molecular weight excluding hydrogens is 360 g/mol. The first-order chi connectivity index (χ1) is 14.0. The molecule has 0 radical (unpaired) electrons. The van der Waals surface area contributed by atoms with E-state index in [1.165, 1.54) is 16.7 Å². The molecule has 4 heteroatoms. The maximum Gasteiger partial charge on any atom is 0.219 e. The Labute approximate surface area is 176 Å². The number of hydrogen-bond donors (Lipinski definition) is 1. The molecule has 0 aliphatic heterocycles. The number of benzene rings is 2. The van der Waals surface area contributed by atoms with Gasteiger partial charge in [-0.3, -0.25) is 9.69 Å². The highest BCUT2D eigenvalue weighted by molar-refractivity contribution is 5.75. The Kier molecular flexibility index (Phi) is 9.72. The number of nitrogens with one attached hydrogen (secondary N) is 1. The van der Waals surface area contributed by atoms with Gasteiger partial charge in [0, 0.05) is 26.6 Å². The van der Waals surface area contributed by atoms with Gasteiger partial charge in [-0.1, -0.05) is 55.8 Å². The van der Waals surface area contributed by atoms with Crippen LogP contribution >= 0.6 is 0 Å². The third-order valence-corrected chi connectivity index (χ3v) is 4.85. The zero-order valence-electron chi connectivity index (χ0n) is 18.4. The Hall–Kier alpha value is -2.33. The van der Waals surface area contributed by atoms with Crippen LogP contribution < -0.4 is 10.1 Å². The fraction of sp³-hybridized carbons (Fsp3) is 0.480. The van der Waals surface area contributed by atoms with Crippen LogP contribution in [0.4, 0.5) is 0 Å². The van der Waals surface area contributed by atoms with E-state index in [1.807, 2.05) is 0 Å².